The molecule has 3 aromatic heterocycles. The second kappa shape index (κ2) is 7.40. The molecule has 7 heteroatoms. The van der Waals surface area contributed by atoms with E-state index in [4.69, 9.17) is 19.6 Å². The Hall–Kier alpha value is -3.06. The minimum atomic E-state index is 0.739. The predicted molar refractivity (Wildman–Crippen MR) is 115 cm³/mol. The summed E-state index contributed by atoms with van der Waals surface area (Å²) in [6, 6.07) is 12.1. The van der Waals surface area contributed by atoms with E-state index in [1.165, 1.54) is 16.1 Å². The second-order valence-electron chi connectivity index (χ2n) is 7.07. The molecule has 4 aromatic rings. The SMILES string of the molecule is COc1cc(OC)cc(-c2cc3nc4c(c(NCc5cccs5)n3n2)CCC4)c1. The van der Waals surface area contributed by atoms with E-state index in [0.717, 1.165) is 60.0 Å². The summed E-state index contributed by atoms with van der Waals surface area (Å²) in [5, 5.41) is 10.6. The van der Waals surface area contributed by atoms with Crippen LogP contribution in [0.2, 0.25) is 0 Å². The molecule has 1 aliphatic rings. The number of nitrogens with one attached hydrogen (secondary N) is 1. The molecule has 0 spiro atoms. The third-order valence-corrected chi connectivity index (χ3v) is 6.16. The maximum atomic E-state index is 5.42. The maximum Gasteiger partial charge on any atom is 0.158 e. The quantitative estimate of drug-likeness (QED) is 0.508. The number of aryl methyl sites for hydroxylation is 1. The van der Waals surface area contributed by atoms with Gasteiger partial charge in [0.15, 0.2) is 5.65 Å². The van der Waals surface area contributed by atoms with E-state index in [2.05, 4.69) is 22.8 Å². The molecule has 0 bridgehead atoms. The zero-order valence-corrected chi connectivity index (χ0v) is 17.3. The fraction of sp³-hybridized carbons (Fsp3) is 0.273. The molecule has 0 atom stereocenters. The van der Waals surface area contributed by atoms with Crippen molar-refractivity contribution in [3.8, 4) is 22.8 Å². The van der Waals surface area contributed by atoms with Crippen molar-refractivity contribution >= 4 is 22.8 Å². The molecule has 0 fully saturated rings. The van der Waals surface area contributed by atoms with Crippen LogP contribution in [0.1, 0.15) is 22.6 Å². The van der Waals surface area contributed by atoms with Gasteiger partial charge in [-0.3, -0.25) is 0 Å². The summed E-state index contributed by atoms with van der Waals surface area (Å²) >= 11 is 1.76. The van der Waals surface area contributed by atoms with Crippen LogP contribution in [-0.2, 0) is 19.4 Å². The van der Waals surface area contributed by atoms with Crippen molar-refractivity contribution in [3.63, 3.8) is 0 Å². The van der Waals surface area contributed by atoms with Crippen LogP contribution in [0.5, 0.6) is 11.5 Å². The number of anilines is 1. The topological polar surface area (TPSA) is 60.7 Å². The van der Waals surface area contributed by atoms with E-state index in [0.29, 0.717) is 0 Å². The van der Waals surface area contributed by atoms with Crippen LogP contribution < -0.4 is 14.8 Å². The molecular weight excluding hydrogens is 384 g/mol. The van der Waals surface area contributed by atoms with Crippen molar-refractivity contribution in [1.29, 1.82) is 0 Å². The summed E-state index contributed by atoms with van der Waals surface area (Å²) in [7, 11) is 3.31. The number of methoxy groups -OCH3 is 2. The molecule has 0 amide bonds. The van der Waals surface area contributed by atoms with Crippen LogP contribution in [0.15, 0.2) is 41.8 Å². The highest BCUT2D eigenvalue weighted by Gasteiger charge is 2.22. The average molecular weight is 407 g/mol. The van der Waals surface area contributed by atoms with Crippen molar-refractivity contribution in [3.05, 3.63) is 57.9 Å². The average Bonchev–Trinajstić information content (AvgIpc) is 3.50. The number of benzene rings is 1. The lowest BCUT2D eigenvalue weighted by molar-refractivity contribution is 0.394. The first-order chi connectivity index (χ1) is 14.2. The molecule has 0 saturated heterocycles. The van der Waals surface area contributed by atoms with Gasteiger partial charge in [-0.1, -0.05) is 6.07 Å². The van der Waals surface area contributed by atoms with Crippen LogP contribution in [-0.4, -0.2) is 28.8 Å². The smallest absolute Gasteiger partial charge is 0.158 e. The first-order valence-corrected chi connectivity index (χ1v) is 10.5. The molecule has 1 aromatic carbocycles. The van der Waals surface area contributed by atoms with E-state index >= 15 is 0 Å². The first kappa shape index (κ1) is 18.0. The van der Waals surface area contributed by atoms with Gasteiger partial charge in [-0.05, 0) is 42.8 Å². The van der Waals surface area contributed by atoms with Gasteiger partial charge in [0.1, 0.15) is 17.3 Å². The molecule has 5 rings (SSSR count). The highest BCUT2D eigenvalue weighted by molar-refractivity contribution is 7.09. The molecule has 0 aliphatic heterocycles. The van der Waals surface area contributed by atoms with Gasteiger partial charge in [-0.25, -0.2) is 4.98 Å². The lowest BCUT2D eigenvalue weighted by atomic mass is 10.1. The van der Waals surface area contributed by atoms with Crippen LogP contribution in [0.25, 0.3) is 16.9 Å². The molecule has 0 saturated carbocycles. The van der Waals surface area contributed by atoms with Gasteiger partial charge in [-0.15, -0.1) is 11.3 Å². The number of rotatable bonds is 6. The van der Waals surface area contributed by atoms with Crippen LogP contribution >= 0.6 is 11.3 Å². The Morgan fingerprint density at radius 3 is 2.66 bits per heavy atom. The number of ether oxygens (including phenoxy) is 2. The Morgan fingerprint density at radius 2 is 1.93 bits per heavy atom. The summed E-state index contributed by atoms with van der Waals surface area (Å²) in [6.07, 6.45) is 3.20. The van der Waals surface area contributed by atoms with Gasteiger partial charge < -0.3 is 14.8 Å². The Balaban J connectivity index is 1.60. The van der Waals surface area contributed by atoms with E-state index < -0.39 is 0 Å². The molecule has 1 N–H and O–H groups in total. The summed E-state index contributed by atoms with van der Waals surface area (Å²) < 4.78 is 12.8. The van der Waals surface area contributed by atoms with Gasteiger partial charge in [0, 0.05) is 33.8 Å². The van der Waals surface area contributed by atoms with E-state index in [9.17, 15) is 0 Å². The number of hydrogen-bond acceptors (Lipinski definition) is 6. The number of thiophene rings is 1. The summed E-state index contributed by atoms with van der Waals surface area (Å²) in [5.41, 5.74) is 5.11. The van der Waals surface area contributed by atoms with Crippen molar-refractivity contribution < 1.29 is 9.47 Å². The third-order valence-electron chi connectivity index (χ3n) is 5.28. The normalized spacial score (nSPS) is 12.9. The number of aromatic nitrogens is 3. The van der Waals surface area contributed by atoms with Crippen molar-refractivity contribution in [2.24, 2.45) is 0 Å². The Bertz CT molecular complexity index is 1150. The molecule has 1 aliphatic carbocycles. The number of nitrogens with zero attached hydrogens (tertiary/aromatic N) is 3. The first-order valence-electron chi connectivity index (χ1n) is 9.66. The van der Waals surface area contributed by atoms with Gasteiger partial charge in [-0.2, -0.15) is 9.61 Å². The van der Waals surface area contributed by atoms with E-state index in [1.807, 2.05) is 28.8 Å². The van der Waals surface area contributed by atoms with Crippen molar-refractivity contribution in [1.82, 2.24) is 14.6 Å². The number of fused-ring (bicyclic) bond motifs is 2. The van der Waals surface area contributed by atoms with Crippen LogP contribution in [0.4, 0.5) is 5.82 Å². The molecule has 0 radical (unpaired) electrons. The van der Waals surface area contributed by atoms with E-state index in [1.54, 1.807) is 25.6 Å². The molecule has 148 valence electrons. The predicted octanol–water partition coefficient (Wildman–Crippen LogP) is 4.58. The highest BCUT2D eigenvalue weighted by atomic mass is 32.1. The maximum absolute atomic E-state index is 5.42. The lowest BCUT2D eigenvalue weighted by Gasteiger charge is -2.12. The molecule has 6 nitrogen and oxygen atoms in total. The summed E-state index contributed by atoms with van der Waals surface area (Å²) in [5.74, 6) is 2.53. The number of hydrogen-bond donors (Lipinski definition) is 1. The molecule has 0 unspecified atom stereocenters. The zero-order valence-electron chi connectivity index (χ0n) is 16.4. The Labute approximate surface area is 173 Å². The van der Waals surface area contributed by atoms with Crippen LogP contribution in [0.3, 0.4) is 0 Å². The third kappa shape index (κ3) is 3.31. The molecule has 3 heterocycles. The molecule has 29 heavy (non-hydrogen) atoms. The van der Waals surface area contributed by atoms with Gasteiger partial charge in [0.05, 0.1) is 26.5 Å². The standard InChI is InChI=1S/C22H22N4O2S/c1-27-15-9-14(10-16(11-15)28-2)20-12-21-24-19-7-3-6-18(19)22(26(21)25-20)23-13-17-5-4-8-29-17/h4-5,8-12,23H,3,6-7,13H2,1-2H3. The van der Waals surface area contributed by atoms with E-state index in [-0.39, 0.29) is 0 Å². The lowest BCUT2D eigenvalue weighted by Crippen LogP contribution is -2.09. The van der Waals surface area contributed by atoms with Gasteiger partial charge in [0.2, 0.25) is 0 Å². The highest BCUT2D eigenvalue weighted by Crippen LogP contribution is 2.33. The summed E-state index contributed by atoms with van der Waals surface area (Å²) in [4.78, 5) is 6.19. The van der Waals surface area contributed by atoms with Crippen molar-refractivity contribution in [2.45, 2.75) is 25.8 Å². The Morgan fingerprint density at radius 1 is 1.10 bits per heavy atom. The van der Waals surface area contributed by atoms with Crippen LogP contribution in [0, 0.1) is 0 Å². The fourth-order valence-corrected chi connectivity index (χ4v) is 4.49. The summed E-state index contributed by atoms with van der Waals surface area (Å²) in [6.45, 7) is 0.783. The minimum Gasteiger partial charge on any atom is -0.497 e. The fourth-order valence-electron chi connectivity index (χ4n) is 3.85. The second-order valence-corrected chi connectivity index (χ2v) is 8.11. The Kier molecular flexibility index (Phi) is 4.60. The van der Waals surface area contributed by atoms with Gasteiger partial charge >= 0.3 is 0 Å². The zero-order chi connectivity index (χ0) is 19.8. The minimum absolute atomic E-state index is 0.739. The largest absolute Gasteiger partial charge is 0.497 e. The molecular formula is C22H22N4O2S. The van der Waals surface area contributed by atoms with Gasteiger partial charge in [0.25, 0.3) is 0 Å². The van der Waals surface area contributed by atoms with Crippen molar-refractivity contribution in [2.75, 3.05) is 19.5 Å². The monoisotopic (exact) mass is 406 g/mol.